The number of benzene rings is 2. The first-order valence-corrected chi connectivity index (χ1v) is 13.2. The minimum Gasteiger partial charge on any atom is -0.497 e. The van der Waals surface area contributed by atoms with Gasteiger partial charge in [0.15, 0.2) is 17.3 Å². The Morgan fingerprint density at radius 3 is 2.27 bits per heavy atom. The van der Waals surface area contributed by atoms with E-state index in [1.54, 1.807) is 46.1 Å². The van der Waals surface area contributed by atoms with Crippen molar-refractivity contribution in [3.63, 3.8) is 0 Å². The summed E-state index contributed by atoms with van der Waals surface area (Å²) in [5, 5.41) is 3.31. The zero-order chi connectivity index (χ0) is 29.0. The second-order valence-electron chi connectivity index (χ2n) is 9.51. The summed E-state index contributed by atoms with van der Waals surface area (Å²) in [5.41, 5.74) is 3.25. The molecule has 0 unspecified atom stereocenters. The van der Waals surface area contributed by atoms with Gasteiger partial charge in [-0.05, 0) is 62.6 Å². The van der Waals surface area contributed by atoms with E-state index < -0.39 is 35.5 Å². The average molecular weight is 550 g/mol. The van der Waals surface area contributed by atoms with Gasteiger partial charge in [-0.1, -0.05) is 18.2 Å². The Morgan fingerprint density at radius 2 is 1.62 bits per heavy atom. The van der Waals surface area contributed by atoms with Crippen molar-refractivity contribution in [3.05, 3.63) is 76.1 Å². The second-order valence-corrected chi connectivity index (χ2v) is 9.51. The SMILES string of the molecule is CCOC(=O)C1=C(C)NC2=C(C(=O)[C@H](C(=O)OCC)[C@@H](c3cccc(OC)c3)C2)[C@@H]1c1ccc(OC)c(OC)c1. The number of allylic oxidation sites excluding steroid dienone is 3. The number of esters is 2. The predicted octanol–water partition coefficient (Wildman–Crippen LogP) is 4.43. The third-order valence-corrected chi connectivity index (χ3v) is 7.32. The van der Waals surface area contributed by atoms with Crippen LogP contribution in [0.5, 0.6) is 17.2 Å². The highest BCUT2D eigenvalue weighted by molar-refractivity contribution is 6.13. The van der Waals surface area contributed by atoms with Gasteiger partial charge in [-0.3, -0.25) is 9.59 Å². The van der Waals surface area contributed by atoms with Crippen LogP contribution >= 0.6 is 0 Å². The molecule has 0 radical (unpaired) electrons. The summed E-state index contributed by atoms with van der Waals surface area (Å²) in [5.74, 6) is -2.41. The van der Waals surface area contributed by atoms with E-state index >= 15 is 0 Å². The summed E-state index contributed by atoms with van der Waals surface area (Å²) in [6.07, 6.45) is 0.342. The van der Waals surface area contributed by atoms with Crippen molar-refractivity contribution in [2.75, 3.05) is 34.5 Å². The molecule has 4 rings (SSSR count). The highest BCUT2D eigenvalue weighted by atomic mass is 16.5. The molecule has 0 saturated heterocycles. The van der Waals surface area contributed by atoms with Crippen LogP contribution in [0.1, 0.15) is 50.2 Å². The van der Waals surface area contributed by atoms with Crippen molar-refractivity contribution in [2.24, 2.45) is 5.92 Å². The number of hydrogen-bond donors (Lipinski definition) is 1. The number of ketones is 1. The fourth-order valence-electron chi connectivity index (χ4n) is 5.57. The third-order valence-electron chi connectivity index (χ3n) is 7.32. The third kappa shape index (κ3) is 5.28. The highest BCUT2D eigenvalue weighted by Crippen LogP contribution is 2.49. The van der Waals surface area contributed by atoms with Gasteiger partial charge in [-0.2, -0.15) is 0 Å². The molecule has 1 aliphatic heterocycles. The molecule has 1 heterocycles. The Bertz CT molecular complexity index is 1380. The van der Waals surface area contributed by atoms with Crippen LogP contribution in [-0.2, 0) is 23.9 Å². The van der Waals surface area contributed by atoms with Gasteiger partial charge >= 0.3 is 11.9 Å². The van der Waals surface area contributed by atoms with Gasteiger partial charge in [-0.15, -0.1) is 0 Å². The summed E-state index contributed by atoms with van der Waals surface area (Å²) < 4.78 is 27.2. The first-order chi connectivity index (χ1) is 19.3. The molecule has 3 atom stereocenters. The van der Waals surface area contributed by atoms with Gasteiger partial charge in [0.05, 0.1) is 40.1 Å². The standard InChI is InChI=1S/C31H35NO8/c1-7-39-30(34)25-17(3)32-22-16-21(18-10-9-11-20(14-18)36-4)27(31(35)40-8-2)29(33)28(22)26(25)19-12-13-23(37-5)24(15-19)38-6/h9-15,21,26-27,32H,7-8,16H2,1-6H3/t21-,26-,27-/m1/s1. The van der Waals surface area contributed by atoms with Gasteiger partial charge in [0.2, 0.25) is 0 Å². The molecule has 9 nitrogen and oxygen atoms in total. The quantitative estimate of drug-likeness (QED) is 0.359. The molecule has 0 amide bonds. The number of rotatable bonds is 9. The zero-order valence-electron chi connectivity index (χ0n) is 23.7. The van der Waals surface area contributed by atoms with Gasteiger partial charge in [0.1, 0.15) is 11.7 Å². The van der Waals surface area contributed by atoms with Crippen LogP contribution in [0.2, 0.25) is 0 Å². The maximum absolute atomic E-state index is 14.4. The average Bonchev–Trinajstić information content (AvgIpc) is 2.96. The van der Waals surface area contributed by atoms with Crippen molar-refractivity contribution in [3.8, 4) is 17.2 Å². The van der Waals surface area contributed by atoms with Crippen molar-refractivity contribution in [1.29, 1.82) is 0 Å². The molecule has 2 aliphatic rings. The minimum atomic E-state index is -1.11. The monoisotopic (exact) mass is 549 g/mol. The van der Waals surface area contributed by atoms with E-state index in [4.69, 9.17) is 23.7 Å². The number of Topliss-reactive ketones (excluding diaryl/α,β-unsaturated/α-hetero) is 1. The smallest absolute Gasteiger partial charge is 0.336 e. The van der Waals surface area contributed by atoms with Crippen LogP contribution in [0.25, 0.3) is 0 Å². The fraction of sp³-hybridized carbons (Fsp3) is 0.387. The molecule has 1 N–H and O–H groups in total. The second kappa shape index (κ2) is 12.3. The molecule has 0 fully saturated rings. The largest absolute Gasteiger partial charge is 0.497 e. The summed E-state index contributed by atoms with van der Waals surface area (Å²) in [6.45, 7) is 5.50. The topological polar surface area (TPSA) is 109 Å². The number of methoxy groups -OCH3 is 3. The van der Waals surface area contributed by atoms with E-state index in [0.29, 0.717) is 51.8 Å². The van der Waals surface area contributed by atoms with Gasteiger partial charge in [-0.25, -0.2) is 4.79 Å². The lowest BCUT2D eigenvalue weighted by atomic mass is 9.67. The molecule has 0 saturated carbocycles. The van der Waals surface area contributed by atoms with E-state index in [9.17, 15) is 14.4 Å². The van der Waals surface area contributed by atoms with Crippen molar-refractivity contribution >= 4 is 17.7 Å². The maximum atomic E-state index is 14.4. The number of nitrogens with one attached hydrogen (secondary N) is 1. The first kappa shape index (κ1) is 28.7. The van der Waals surface area contributed by atoms with Crippen LogP contribution in [0, 0.1) is 5.92 Å². The molecule has 2 aromatic rings. The molecular weight excluding hydrogens is 514 g/mol. The van der Waals surface area contributed by atoms with Gasteiger partial charge in [0.25, 0.3) is 0 Å². The summed E-state index contributed by atoms with van der Waals surface area (Å²) >= 11 is 0. The van der Waals surface area contributed by atoms with E-state index in [-0.39, 0.29) is 13.2 Å². The predicted molar refractivity (Wildman–Crippen MR) is 147 cm³/mol. The van der Waals surface area contributed by atoms with Crippen molar-refractivity contribution < 1.29 is 38.1 Å². The lowest BCUT2D eigenvalue weighted by Gasteiger charge is -2.39. The Kier molecular flexibility index (Phi) is 8.82. The Morgan fingerprint density at radius 1 is 0.900 bits per heavy atom. The van der Waals surface area contributed by atoms with Crippen molar-refractivity contribution in [1.82, 2.24) is 5.32 Å². The van der Waals surface area contributed by atoms with Crippen LogP contribution in [0.4, 0.5) is 0 Å². The van der Waals surface area contributed by atoms with Gasteiger partial charge < -0.3 is 29.0 Å². The van der Waals surface area contributed by atoms with E-state index in [0.717, 1.165) is 5.56 Å². The summed E-state index contributed by atoms with van der Waals surface area (Å²) in [7, 11) is 4.61. The Balaban J connectivity index is 1.93. The first-order valence-electron chi connectivity index (χ1n) is 13.2. The molecule has 0 spiro atoms. The summed E-state index contributed by atoms with van der Waals surface area (Å²) in [4.78, 5) is 41.1. The lowest BCUT2D eigenvalue weighted by Crippen LogP contribution is -2.43. The molecule has 212 valence electrons. The lowest BCUT2D eigenvalue weighted by molar-refractivity contribution is -0.152. The van der Waals surface area contributed by atoms with E-state index in [2.05, 4.69) is 5.32 Å². The van der Waals surface area contributed by atoms with Crippen LogP contribution in [0.15, 0.2) is 65.0 Å². The molecular formula is C31H35NO8. The van der Waals surface area contributed by atoms with Crippen LogP contribution < -0.4 is 19.5 Å². The molecule has 0 aromatic heterocycles. The summed E-state index contributed by atoms with van der Waals surface area (Å²) in [6, 6.07) is 12.6. The molecule has 2 aromatic carbocycles. The fourth-order valence-corrected chi connectivity index (χ4v) is 5.57. The normalized spacial score (nSPS) is 20.4. The highest BCUT2D eigenvalue weighted by Gasteiger charge is 2.49. The molecule has 0 bridgehead atoms. The van der Waals surface area contributed by atoms with E-state index in [1.165, 1.54) is 14.2 Å². The molecule has 1 aliphatic carbocycles. The Hall–Kier alpha value is -4.27. The van der Waals surface area contributed by atoms with Crippen LogP contribution in [-0.4, -0.2) is 52.3 Å². The van der Waals surface area contributed by atoms with Gasteiger partial charge in [0, 0.05) is 28.8 Å². The maximum Gasteiger partial charge on any atom is 0.336 e. The van der Waals surface area contributed by atoms with E-state index in [1.807, 2.05) is 24.3 Å². The number of carbonyl (C=O) groups excluding carboxylic acids is 3. The Labute approximate surface area is 234 Å². The van der Waals surface area contributed by atoms with Crippen LogP contribution in [0.3, 0.4) is 0 Å². The number of dihydropyridines is 1. The number of ether oxygens (including phenoxy) is 5. The minimum absolute atomic E-state index is 0.129. The zero-order valence-corrected chi connectivity index (χ0v) is 23.7. The molecule has 9 heteroatoms. The molecule has 40 heavy (non-hydrogen) atoms. The van der Waals surface area contributed by atoms with Crippen molar-refractivity contribution in [2.45, 2.75) is 39.0 Å². The number of carbonyl (C=O) groups is 3. The number of hydrogen-bond acceptors (Lipinski definition) is 9.